The molecule has 1 heterocycles. The van der Waals surface area contributed by atoms with Crippen LogP contribution in [0.25, 0.3) is 0 Å². The van der Waals surface area contributed by atoms with Crippen molar-refractivity contribution in [1.82, 2.24) is 15.3 Å². The van der Waals surface area contributed by atoms with E-state index in [4.69, 9.17) is 15.9 Å². The average Bonchev–Trinajstić information content (AvgIpc) is 2.90. The predicted octanol–water partition coefficient (Wildman–Crippen LogP) is 2.82. The van der Waals surface area contributed by atoms with E-state index in [2.05, 4.69) is 5.32 Å². The SMILES string of the molecule is N=C(N)c1ccc(CNC(=O)C[C@@H]2OCCN(N(Cc3ccccc3)Cc3ccccc3)C2=O)cc1. The second-order valence-corrected chi connectivity index (χ2v) is 8.71. The van der Waals surface area contributed by atoms with Gasteiger partial charge in [0.15, 0.2) is 0 Å². The molecule has 1 saturated heterocycles. The lowest BCUT2D eigenvalue weighted by Crippen LogP contribution is -2.56. The fraction of sp³-hybridized carbons (Fsp3) is 0.250. The Morgan fingerprint density at radius 1 is 0.944 bits per heavy atom. The number of nitrogens with zero attached hydrogens (tertiary/aromatic N) is 2. The molecule has 1 aliphatic heterocycles. The highest BCUT2D eigenvalue weighted by Gasteiger charge is 2.34. The van der Waals surface area contributed by atoms with Crippen molar-refractivity contribution >= 4 is 17.6 Å². The monoisotopic (exact) mass is 485 g/mol. The van der Waals surface area contributed by atoms with Crippen molar-refractivity contribution < 1.29 is 14.3 Å². The Morgan fingerprint density at radius 3 is 2.08 bits per heavy atom. The van der Waals surface area contributed by atoms with Gasteiger partial charge in [-0.15, -0.1) is 0 Å². The molecule has 3 aromatic rings. The van der Waals surface area contributed by atoms with Crippen LogP contribution in [0, 0.1) is 5.41 Å². The first kappa shape index (κ1) is 25.1. The summed E-state index contributed by atoms with van der Waals surface area (Å²) < 4.78 is 5.72. The van der Waals surface area contributed by atoms with Gasteiger partial charge in [0, 0.05) is 25.2 Å². The van der Waals surface area contributed by atoms with E-state index in [1.54, 1.807) is 17.1 Å². The summed E-state index contributed by atoms with van der Waals surface area (Å²) in [7, 11) is 0. The van der Waals surface area contributed by atoms with Crippen LogP contribution in [0.2, 0.25) is 0 Å². The fourth-order valence-electron chi connectivity index (χ4n) is 4.11. The standard InChI is InChI=1S/C28H31N5O3/c29-27(30)24-13-11-21(12-14-24)18-31-26(34)17-25-28(35)33(15-16-36-25)32(19-22-7-3-1-4-8-22)20-23-9-5-2-6-10-23/h1-14,25H,15-20H2,(H3,29,30)(H,31,34)/t25-/m0/s1. The molecule has 0 spiro atoms. The first-order valence-electron chi connectivity index (χ1n) is 12.0. The molecule has 2 amide bonds. The molecule has 4 N–H and O–H groups in total. The third kappa shape index (κ3) is 6.78. The van der Waals surface area contributed by atoms with Gasteiger partial charge in [-0.2, -0.15) is 0 Å². The molecule has 0 aromatic heterocycles. The van der Waals surface area contributed by atoms with Gasteiger partial charge in [0.25, 0.3) is 5.91 Å². The number of ether oxygens (including phenoxy) is 1. The fourth-order valence-corrected chi connectivity index (χ4v) is 4.11. The van der Waals surface area contributed by atoms with E-state index in [1.165, 1.54) is 0 Å². The maximum Gasteiger partial charge on any atom is 0.266 e. The van der Waals surface area contributed by atoms with Gasteiger partial charge in [-0.3, -0.25) is 20.0 Å². The van der Waals surface area contributed by atoms with Gasteiger partial charge in [-0.05, 0) is 16.7 Å². The third-order valence-electron chi connectivity index (χ3n) is 6.03. The van der Waals surface area contributed by atoms with Crippen molar-refractivity contribution in [1.29, 1.82) is 5.41 Å². The number of hydrazine groups is 1. The molecular weight excluding hydrogens is 454 g/mol. The number of morpholine rings is 1. The molecule has 0 aliphatic carbocycles. The number of amides is 2. The zero-order valence-corrected chi connectivity index (χ0v) is 20.1. The van der Waals surface area contributed by atoms with Crippen LogP contribution in [0.15, 0.2) is 84.9 Å². The van der Waals surface area contributed by atoms with E-state index >= 15 is 0 Å². The summed E-state index contributed by atoms with van der Waals surface area (Å²) in [6, 6.07) is 27.1. The number of amidine groups is 1. The lowest BCUT2D eigenvalue weighted by Gasteiger charge is -2.40. The highest BCUT2D eigenvalue weighted by molar-refractivity contribution is 5.94. The summed E-state index contributed by atoms with van der Waals surface area (Å²) in [5, 5.41) is 14.1. The van der Waals surface area contributed by atoms with Crippen LogP contribution in [0.1, 0.15) is 28.7 Å². The molecule has 8 nitrogen and oxygen atoms in total. The van der Waals surface area contributed by atoms with Gasteiger partial charge in [0.05, 0.1) is 19.6 Å². The van der Waals surface area contributed by atoms with Gasteiger partial charge >= 0.3 is 0 Å². The van der Waals surface area contributed by atoms with Crippen molar-refractivity contribution in [2.24, 2.45) is 5.73 Å². The summed E-state index contributed by atoms with van der Waals surface area (Å²) in [5.74, 6) is -0.478. The molecule has 8 heteroatoms. The number of nitrogen functional groups attached to an aromatic ring is 1. The summed E-state index contributed by atoms with van der Waals surface area (Å²) in [6.45, 7) is 2.23. The quantitative estimate of drug-likeness (QED) is 0.302. The van der Waals surface area contributed by atoms with Crippen molar-refractivity contribution in [3.8, 4) is 0 Å². The van der Waals surface area contributed by atoms with E-state index in [0.717, 1.165) is 16.7 Å². The van der Waals surface area contributed by atoms with E-state index in [-0.39, 0.29) is 24.1 Å². The normalized spacial score (nSPS) is 15.6. The van der Waals surface area contributed by atoms with E-state index in [9.17, 15) is 9.59 Å². The van der Waals surface area contributed by atoms with E-state index in [0.29, 0.717) is 38.3 Å². The van der Waals surface area contributed by atoms with Crippen LogP contribution in [0.4, 0.5) is 0 Å². The van der Waals surface area contributed by atoms with Crippen LogP contribution >= 0.6 is 0 Å². The average molecular weight is 486 g/mol. The maximum atomic E-state index is 13.4. The number of benzene rings is 3. The first-order chi connectivity index (χ1) is 17.5. The zero-order chi connectivity index (χ0) is 25.3. The number of hydrogen-bond donors (Lipinski definition) is 3. The highest BCUT2D eigenvalue weighted by atomic mass is 16.5. The number of carbonyl (C=O) groups excluding carboxylic acids is 2. The van der Waals surface area contributed by atoms with E-state index < -0.39 is 6.10 Å². The lowest BCUT2D eigenvalue weighted by atomic mass is 10.1. The summed E-state index contributed by atoms with van der Waals surface area (Å²) in [6.07, 6.45) is -0.890. The van der Waals surface area contributed by atoms with Crippen LogP contribution < -0.4 is 11.1 Å². The highest BCUT2D eigenvalue weighted by Crippen LogP contribution is 2.19. The summed E-state index contributed by atoms with van der Waals surface area (Å²) in [5.41, 5.74) is 9.18. The zero-order valence-electron chi connectivity index (χ0n) is 20.1. The first-order valence-corrected chi connectivity index (χ1v) is 12.0. The van der Waals surface area contributed by atoms with Gasteiger partial charge in [0.2, 0.25) is 5.91 Å². The molecule has 0 unspecified atom stereocenters. The van der Waals surface area contributed by atoms with Crippen molar-refractivity contribution in [2.75, 3.05) is 13.2 Å². The summed E-state index contributed by atoms with van der Waals surface area (Å²) >= 11 is 0. The minimum absolute atomic E-state index is 0.00308. The predicted molar refractivity (Wildman–Crippen MR) is 138 cm³/mol. The van der Waals surface area contributed by atoms with Crippen molar-refractivity contribution in [3.05, 3.63) is 107 Å². The van der Waals surface area contributed by atoms with Crippen LogP contribution in [0.5, 0.6) is 0 Å². The van der Waals surface area contributed by atoms with Gasteiger partial charge in [-0.25, -0.2) is 5.01 Å². The molecule has 3 aromatic carbocycles. The Morgan fingerprint density at radius 2 is 1.53 bits per heavy atom. The molecule has 0 bridgehead atoms. The molecular formula is C28H31N5O3. The van der Waals surface area contributed by atoms with Crippen molar-refractivity contribution in [2.45, 2.75) is 32.2 Å². The molecule has 1 fully saturated rings. The Kier molecular flexibility index (Phi) is 8.44. The smallest absolute Gasteiger partial charge is 0.266 e. The molecule has 186 valence electrons. The molecule has 0 saturated carbocycles. The Hall–Kier alpha value is -4.01. The number of nitrogens with two attached hydrogens (primary N) is 1. The molecule has 0 radical (unpaired) electrons. The third-order valence-corrected chi connectivity index (χ3v) is 6.03. The topological polar surface area (TPSA) is 112 Å². The second-order valence-electron chi connectivity index (χ2n) is 8.71. The molecule has 36 heavy (non-hydrogen) atoms. The molecule has 1 atom stereocenters. The number of rotatable bonds is 10. The minimum Gasteiger partial charge on any atom is -0.384 e. The maximum absolute atomic E-state index is 13.4. The van der Waals surface area contributed by atoms with Crippen LogP contribution in [-0.2, 0) is 34.0 Å². The van der Waals surface area contributed by atoms with Gasteiger partial charge in [0.1, 0.15) is 11.9 Å². The largest absolute Gasteiger partial charge is 0.384 e. The summed E-state index contributed by atoms with van der Waals surface area (Å²) in [4.78, 5) is 26.0. The number of nitrogens with one attached hydrogen (secondary N) is 2. The Labute approximate surface area is 211 Å². The molecule has 1 aliphatic rings. The Balaban J connectivity index is 1.39. The van der Waals surface area contributed by atoms with E-state index in [1.807, 2.05) is 77.8 Å². The second kappa shape index (κ2) is 12.1. The number of hydrogen-bond acceptors (Lipinski definition) is 5. The minimum atomic E-state index is -0.840. The van der Waals surface area contributed by atoms with Gasteiger partial charge in [-0.1, -0.05) is 84.9 Å². The van der Waals surface area contributed by atoms with Crippen LogP contribution in [0.3, 0.4) is 0 Å². The van der Waals surface area contributed by atoms with Crippen LogP contribution in [-0.4, -0.2) is 46.9 Å². The van der Waals surface area contributed by atoms with Crippen molar-refractivity contribution in [3.63, 3.8) is 0 Å². The van der Waals surface area contributed by atoms with Gasteiger partial charge < -0.3 is 15.8 Å². The lowest BCUT2D eigenvalue weighted by molar-refractivity contribution is -0.181. The molecule has 4 rings (SSSR count). The Bertz CT molecular complexity index is 1130. The number of carbonyl (C=O) groups is 2.